The molecule has 1 heterocycles. The van der Waals surface area contributed by atoms with E-state index in [1.165, 1.54) is 0 Å². The average molecular weight is 364 g/mol. The number of rotatable bonds is 3. The molecule has 101 valence electrons. The van der Waals surface area contributed by atoms with Crippen LogP contribution in [0.3, 0.4) is 0 Å². The maximum Gasteiger partial charge on any atom is 0.222 e. The molecule has 0 unspecified atom stereocenters. The number of ether oxygens (including phenoxy) is 1. The summed E-state index contributed by atoms with van der Waals surface area (Å²) in [5, 5.41) is 0.513. The molecule has 3 nitrogen and oxygen atoms in total. The SMILES string of the molecule is C#CCOc1ccc(C2=[C-]CCC(=O)N2C)c(Cl)c1.[Y]. The van der Waals surface area contributed by atoms with Gasteiger partial charge in [-0.2, -0.15) is 0 Å². The number of allylic oxidation sites excluding steroid dienone is 1. The number of hydrogen-bond acceptors (Lipinski definition) is 2. The van der Waals surface area contributed by atoms with Crippen molar-refractivity contribution >= 4 is 23.2 Å². The molecule has 0 saturated heterocycles. The van der Waals surface area contributed by atoms with E-state index < -0.39 is 0 Å². The van der Waals surface area contributed by atoms with Gasteiger partial charge in [-0.1, -0.05) is 5.92 Å². The van der Waals surface area contributed by atoms with E-state index in [-0.39, 0.29) is 45.2 Å². The van der Waals surface area contributed by atoms with E-state index in [0.717, 1.165) is 5.56 Å². The molecule has 1 aliphatic heterocycles. The first-order valence-electron chi connectivity index (χ1n) is 5.87. The van der Waals surface area contributed by atoms with Gasteiger partial charge in [0.2, 0.25) is 5.91 Å². The molecule has 1 radical (unpaired) electrons. The molecule has 0 aromatic heterocycles. The van der Waals surface area contributed by atoms with Gasteiger partial charge >= 0.3 is 0 Å². The van der Waals surface area contributed by atoms with E-state index in [1.807, 2.05) is 6.07 Å². The summed E-state index contributed by atoms with van der Waals surface area (Å²) in [6, 6.07) is 5.28. The van der Waals surface area contributed by atoms with Crippen LogP contribution in [0.15, 0.2) is 18.2 Å². The molecule has 1 aromatic rings. The van der Waals surface area contributed by atoms with Crippen LogP contribution in [0.5, 0.6) is 5.75 Å². The van der Waals surface area contributed by atoms with Crippen LogP contribution >= 0.6 is 11.6 Å². The van der Waals surface area contributed by atoms with Crippen molar-refractivity contribution in [3.63, 3.8) is 0 Å². The van der Waals surface area contributed by atoms with Crippen LogP contribution in [0.25, 0.3) is 5.70 Å². The fraction of sp³-hybridized carbons (Fsp3) is 0.267. The predicted octanol–water partition coefficient (Wildman–Crippen LogP) is 2.75. The molecule has 0 aliphatic carbocycles. The fourth-order valence-electron chi connectivity index (χ4n) is 1.88. The number of nitrogens with zero attached hydrogens (tertiary/aromatic N) is 1. The number of terminal acetylenes is 1. The summed E-state index contributed by atoms with van der Waals surface area (Å²) in [5.41, 5.74) is 1.48. The third-order valence-electron chi connectivity index (χ3n) is 2.86. The Bertz CT molecular complexity index is 578. The zero-order valence-corrected chi connectivity index (χ0v) is 14.7. The predicted molar refractivity (Wildman–Crippen MR) is 74.4 cm³/mol. The number of halogens is 1. The van der Waals surface area contributed by atoms with Crippen LogP contribution < -0.4 is 4.74 Å². The number of hydrogen-bond donors (Lipinski definition) is 0. The van der Waals surface area contributed by atoms with Crippen molar-refractivity contribution in [3.05, 3.63) is 34.9 Å². The second-order valence-electron chi connectivity index (χ2n) is 4.11. The van der Waals surface area contributed by atoms with Crippen molar-refractivity contribution in [2.75, 3.05) is 13.7 Å². The smallest absolute Gasteiger partial charge is 0.222 e. The number of carbonyl (C=O) groups is 1. The Morgan fingerprint density at radius 3 is 2.95 bits per heavy atom. The molecule has 0 bridgehead atoms. The van der Waals surface area contributed by atoms with Gasteiger partial charge in [-0.25, -0.2) is 6.08 Å². The largest absolute Gasteiger partial charge is 0.481 e. The van der Waals surface area contributed by atoms with E-state index in [4.69, 9.17) is 22.8 Å². The minimum absolute atomic E-state index is 0. The third-order valence-corrected chi connectivity index (χ3v) is 3.17. The summed E-state index contributed by atoms with van der Waals surface area (Å²) >= 11 is 6.22. The summed E-state index contributed by atoms with van der Waals surface area (Å²) in [4.78, 5) is 13.2. The van der Waals surface area contributed by atoms with Gasteiger partial charge in [0.15, 0.2) is 0 Å². The monoisotopic (exact) mass is 363 g/mol. The molecule has 0 atom stereocenters. The van der Waals surface area contributed by atoms with E-state index in [9.17, 15) is 4.79 Å². The van der Waals surface area contributed by atoms with Crippen molar-refractivity contribution in [1.29, 1.82) is 0 Å². The maximum absolute atomic E-state index is 11.7. The van der Waals surface area contributed by atoms with Gasteiger partial charge < -0.3 is 9.64 Å². The molecule has 0 fully saturated rings. The van der Waals surface area contributed by atoms with Gasteiger partial charge in [0.05, 0.1) is 0 Å². The van der Waals surface area contributed by atoms with Crippen molar-refractivity contribution in [1.82, 2.24) is 4.90 Å². The Morgan fingerprint density at radius 1 is 1.55 bits per heavy atom. The molecule has 1 aliphatic rings. The van der Waals surface area contributed by atoms with E-state index in [2.05, 4.69) is 12.0 Å². The first-order chi connectivity index (χ1) is 9.13. The molecule has 0 saturated carbocycles. The summed E-state index contributed by atoms with van der Waals surface area (Å²) in [6.07, 6.45) is 9.41. The number of carbonyl (C=O) groups excluding carboxylic acids is 1. The molecular formula is C15H13ClNO2Y-. The summed E-state index contributed by atoms with van der Waals surface area (Å²) in [6.45, 7) is 0.197. The number of benzene rings is 1. The molecule has 20 heavy (non-hydrogen) atoms. The Morgan fingerprint density at radius 2 is 2.30 bits per heavy atom. The van der Waals surface area contributed by atoms with E-state index >= 15 is 0 Å². The van der Waals surface area contributed by atoms with Gasteiger partial charge in [0, 0.05) is 46.2 Å². The Labute approximate surface area is 149 Å². The molecule has 1 amide bonds. The summed E-state index contributed by atoms with van der Waals surface area (Å²) in [7, 11) is 1.73. The Hall–Kier alpha value is -0.816. The van der Waals surface area contributed by atoms with Gasteiger partial charge in [0.25, 0.3) is 0 Å². The molecule has 0 N–H and O–H groups in total. The van der Waals surface area contributed by atoms with E-state index in [1.54, 1.807) is 24.1 Å². The maximum atomic E-state index is 11.7. The van der Waals surface area contributed by atoms with Crippen LogP contribution in [0, 0.1) is 18.4 Å². The Kier molecular flexibility index (Phi) is 6.75. The molecule has 0 spiro atoms. The number of amides is 1. The van der Waals surface area contributed by atoms with Gasteiger partial charge in [-0.3, -0.25) is 4.79 Å². The summed E-state index contributed by atoms with van der Waals surface area (Å²) in [5.74, 6) is 3.07. The van der Waals surface area contributed by atoms with Crippen molar-refractivity contribution in [3.8, 4) is 18.1 Å². The van der Waals surface area contributed by atoms with E-state index in [0.29, 0.717) is 29.3 Å². The van der Waals surface area contributed by atoms with Crippen LogP contribution in [0.4, 0.5) is 0 Å². The third kappa shape index (κ3) is 3.85. The molecule has 2 rings (SSSR count). The van der Waals surface area contributed by atoms with Crippen LogP contribution in [0.2, 0.25) is 5.02 Å². The average Bonchev–Trinajstić information content (AvgIpc) is 2.40. The van der Waals surface area contributed by atoms with Crippen LogP contribution in [0.1, 0.15) is 18.4 Å². The van der Waals surface area contributed by atoms with Crippen molar-refractivity contribution < 1.29 is 42.2 Å². The fourth-order valence-corrected chi connectivity index (χ4v) is 2.14. The molecular weight excluding hydrogens is 351 g/mol. The Balaban J connectivity index is 0.00000200. The van der Waals surface area contributed by atoms with Crippen molar-refractivity contribution in [2.45, 2.75) is 12.8 Å². The summed E-state index contributed by atoms with van der Waals surface area (Å²) < 4.78 is 5.30. The topological polar surface area (TPSA) is 29.5 Å². The normalized spacial score (nSPS) is 14.2. The first-order valence-corrected chi connectivity index (χ1v) is 6.25. The van der Waals surface area contributed by atoms with Crippen LogP contribution in [-0.4, -0.2) is 24.5 Å². The zero-order valence-electron chi connectivity index (χ0n) is 11.1. The molecule has 5 heteroatoms. The molecule has 1 aromatic carbocycles. The van der Waals surface area contributed by atoms with Gasteiger partial charge in [-0.05, 0) is 17.2 Å². The minimum atomic E-state index is 0. The van der Waals surface area contributed by atoms with Crippen molar-refractivity contribution in [2.24, 2.45) is 0 Å². The minimum Gasteiger partial charge on any atom is -0.481 e. The van der Waals surface area contributed by atoms with Gasteiger partial charge in [0.1, 0.15) is 12.4 Å². The van der Waals surface area contributed by atoms with Crippen LogP contribution in [-0.2, 0) is 37.5 Å². The second-order valence-corrected chi connectivity index (χ2v) is 4.52. The second kappa shape index (κ2) is 7.83. The quantitative estimate of drug-likeness (QED) is 0.610. The first kappa shape index (κ1) is 17.2. The standard InChI is InChI=1S/C15H13ClNO2.Y/c1-3-9-19-11-7-8-12(13(16)10-11)14-5-4-6-15(18)17(14)2;/h1,7-8,10H,4,6,9H2,2H3;/q-1;. The zero-order chi connectivity index (χ0) is 13.8. The van der Waals surface area contributed by atoms with Gasteiger partial charge in [-0.15, -0.1) is 41.8 Å².